The Morgan fingerprint density at radius 1 is 1.29 bits per heavy atom. The Hall–Kier alpha value is -2.49. The van der Waals surface area contributed by atoms with Crippen LogP contribution < -0.4 is 14.5 Å². The smallest absolute Gasteiger partial charge is 0.260 e. The third-order valence-electron chi connectivity index (χ3n) is 3.52. The molecule has 28 heavy (non-hydrogen) atoms. The van der Waals surface area contributed by atoms with Crippen LogP contribution in [0.1, 0.15) is 5.56 Å². The van der Waals surface area contributed by atoms with E-state index >= 15 is 0 Å². The topological polar surface area (TPSA) is 108 Å². The van der Waals surface area contributed by atoms with Crippen LogP contribution in [0.2, 0.25) is 10.0 Å². The second-order valence-corrected chi connectivity index (χ2v) is 8.28. The summed E-state index contributed by atoms with van der Waals surface area (Å²) in [5.74, 6) is -0.593. The molecule has 0 aromatic heterocycles. The molecule has 1 amide bonds. The van der Waals surface area contributed by atoms with Gasteiger partial charge in [0.05, 0.1) is 35.3 Å². The largest absolute Gasteiger partial charge is 0.504 e. The Morgan fingerprint density at radius 2 is 2.00 bits per heavy atom. The lowest BCUT2D eigenvalue weighted by Gasteiger charge is -2.21. The van der Waals surface area contributed by atoms with Gasteiger partial charge in [0.2, 0.25) is 10.0 Å². The Kier molecular flexibility index (Phi) is 7.11. The van der Waals surface area contributed by atoms with Crippen molar-refractivity contribution in [2.45, 2.75) is 0 Å². The fourth-order valence-electron chi connectivity index (χ4n) is 2.19. The van der Waals surface area contributed by atoms with E-state index in [1.165, 1.54) is 31.5 Å². The minimum absolute atomic E-state index is 0.142. The number of benzene rings is 2. The number of nitrogens with one attached hydrogen (secondary N) is 1. The van der Waals surface area contributed by atoms with Crippen molar-refractivity contribution in [2.24, 2.45) is 5.10 Å². The van der Waals surface area contributed by atoms with Crippen molar-refractivity contribution in [2.75, 3.05) is 24.2 Å². The summed E-state index contributed by atoms with van der Waals surface area (Å²) in [6.45, 7) is -0.530. The molecule has 8 nitrogen and oxygen atoms in total. The molecule has 150 valence electrons. The highest BCUT2D eigenvalue weighted by Crippen LogP contribution is 2.29. The average molecular weight is 446 g/mol. The van der Waals surface area contributed by atoms with Gasteiger partial charge in [-0.2, -0.15) is 5.10 Å². The molecule has 2 rings (SSSR count). The normalized spacial score (nSPS) is 11.4. The third-order valence-corrected chi connectivity index (χ3v) is 5.40. The molecule has 0 aliphatic heterocycles. The SMILES string of the molecule is COc1cccc(/C=N\NC(=O)CN(c2ccc(Cl)c(Cl)c2)S(C)(=O)=O)c1O. The molecule has 0 radical (unpaired) electrons. The van der Waals surface area contributed by atoms with E-state index in [-0.39, 0.29) is 27.2 Å². The molecule has 11 heteroatoms. The molecule has 0 bridgehead atoms. The number of methoxy groups -OCH3 is 1. The minimum Gasteiger partial charge on any atom is -0.504 e. The second kappa shape index (κ2) is 9.13. The zero-order valence-electron chi connectivity index (χ0n) is 14.9. The Balaban J connectivity index is 2.13. The molecule has 0 saturated carbocycles. The number of nitrogens with zero attached hydrogens (tertiary/aromatic N) is 2. The summed E-state index contributed by atoms with van der Waals surface area (Å²) in [7, 11) is -2.37. The van der Waals surface area contributed by atoms with Crippen LogP contribution in [0.25, 0.3) is 0 Å². The highest BCUT2D eigenvalue weighted by molar-refractivity contribution is 7.92. The van der Waals surface area contributed by atoms with E-state index in [0.29, 0.717) is 5.56 Å². The van der Waals surface area contributed by atoms with Crippen molar-refractivity contribution < 1.29 is 23.1 Å². The van der Waals surface area contributed by atoms with Crippen LogP contribution in [-0.4, -0.2) is 45.6 Å². The predicted molar refractivity (Wildman–Crippen MR) is 109 cm³/mol. The summed E-state index contributed by atoms with van der Waals surface area (Å²) in [6, 6.07) is 8.96. The number of hydrogen-bond donors (Lipinski definition) is 2. The Labute approximate surface area is 172 Å². The number of rotatable bonds is 7. The van der Waals surface area contributed by atoms with Gasteiger partial charge < -0.3 is 9.84 Å². The molecule has 2 aromatic carbocycles. The van der Waals surface area contributed by atoms with E-state index in [1.54, 1.807) is 18.2 Å². The fraction of sp³-hybridized carbons (Fsp3) is 0.176. The van der Waals surface area contributed by atoms with Gasteiger partial charge in [0.25, 0.3) is 5.91 Å². The minimum atomic E-state index is -3.77. The molecule has 0 fully saturated rings. The highest BCUT2D eigenvalue weighted by Gasteiger charge is 2.21. The first kappa shape index (κ1) is 21.8. The molecule has 0 unspecified atom stereocenters. The van der Waals surface area contributed by atoms with E-state index < -0.39 is 22.5 Å². The molecule has 0 atom stereocenters. The van der Waals surface area contributed by atoms with Gasteiger partial charge in [0.1, 0.15) is 6.54 Å². The van der Waals surface area contributed by atoms with Crippen LogP contribution in [-0.2, 0) is 14.8 Å². The molecule has 0 aliphatic rings. The summed E-state index contributed by atoms with van der Waals surface area (Å²) < 4.78 is 30.0. The molecule has 0 saturated heterocycles. The van der Waals surface area contributed by atoms with E-state index in [9.17, 15) is 18.3 Å². The first-order chi connectivity index (χ1) is 13.1. The maximum Gasteiger partial charge on any atom is 0.260 e. The first-order valence-electron chi connectivity index (χ1n) is 7.74. The van der Waals surface area contributed by atoms with E-state index in [4.69, 9.17) is 27.9 Å². The van der Waals surface area contributed by atoms with E-state index in [0.717, 1.165) is 10.6 Å². The summed E-state index contributed by atoms with van der Waals surface area (Å²) in [5, 5.41) is 14.1. The number of sulfonamides is 1. The van der Waals surface area contributed by atoms with Gasteiger partial charge in [0, 0.05) is 5.56 Å². The monoisotopic (exact) mass is 445 g/mol. The quantitative estimate of drug-likeness (QED) is 0.502. The molecule has 2 N–H and O–H groups in total. The Bertz CT molecular complexity index is 1010. The number of carbonyl (C=O) groups excluding carboxylic acids is 1. The van der Waals surface area contributed by atoms with Crippen molar-refractivity contribution in [1.82, 2.24) is 5.43 Å². The Morgan fingerprint density at radius 3 is 2.61 bits per heavy atom. The van der Waals surface area contributed by atoms with Crippen LogP contribution in [0.3, 0.4) is 0 Å². The number of para-hydroxylation sites is 1. The van der Waals surface area contributed by atoms with Crippen LogP contribution >= 0.6 is 23.2 Å². The van der Waals surface area contributed by atoms with Crippen molar-refractivity contribution in [1.29, 1.82) is 0 Å². The number of anilines is 1. The lowest BCUT2D eigenvalue weighted by molar-refractivity contribution is -0.119. The summed E-state index contributed by atoms with van der Waals surface area (Å²) >= 11 is 11.8. The lowest BCUT2D eigenvalue weighted by Crippen LogP contribution is -2.39. The van der Waals surface area contributed by atoms with Crippen molar-refractivity contribution in [3.63, 3.8) is 0 Å². The van der Waals surface area contributed by atoms with Gasteiger partial charge >= 0.3 is 0 Å². The van der Waals surface area contributed by atoms with Crippen molar-refractivity contribution in [3.8, 4) is 11.5 Å². The number of phenolic OH excluding ortho intramolecular Hbond substituents is 1. The molecule has 0 spiro atoms. The number of hydrazone groups is 1. The number of aromatic hydroxyl groups is 1. The zero-order chi connectivity index (χ0) is 20.9. The van der Waals surface area contributed by atoms with Crippen LogP contribution in [0.15, 0.2) is 41.5 Å². The molecular weight excluding hydrogens is 429 g/mol. The average Bonchev–Trinajstić information content (AvgIpc) is 2.62. The summed E-state index contributed by atoms with van der Waals surface area (Å²) in [5.41, 5.74) is 2.70. The van der Waals surface area contributed by atoms with Crippen molar-refractivity contribution >= 4 is 51.0 Å². The van der Waals surface area contributed by atoms with Crippen molar-refractivity contribution in [3.05, 3.63) is 52.0 Å². The molecule has 2 aromatic rings. The number of ether oxygens (including phenoxy) is 1. The molecule has 0 heterocycles. The van der Waals surface area contributed by atoms with Gasteiger partial charge in [-0.05, 0) is 30.3 Å². The maximum absolute atomic E-state index is 12.1. The van der Waals surface area contributed by atoms with E-state index in [2.05, 4.69) is 10.5 Å². The van der Waals surface area contributed by atoms with Crippen LogP contribution in [0, 0.1) is 0 Å². The van der Waals surface area contributed by atoms with E-state index in [1.807, 2.05) is 0 Å². The predicted octanol–water partition coefficient (Wildman–Crippen LogP) is 2.62. The lowest BCUT2D eigenvalue weighted by atomic mass is 10.2. The fourth-order valence-corrected chi connectivity index (χ4v) is 3.33. The number of halogens is 2. The number of hydrogen-bond acceptors (Lipinski definition) is 6. The van der Waals surface area contributed by atoms with Gasteiger partial charge in [-0.25, -0.2) is 13.8 Å². The zero-order valence-corrected chi connectivity index (χ0v) is 17.2. The second-order valence-electron chi connectivity index (χ2n) is 5.56. The summed E-state index contributed by atoms with van der Waals surface area (Å²) in [4.78, 5) is 12.1. The number of phenols is 1. The number of carbonyl (C=O) groups is 1. The standard InChI is InChI=1S/C17H17Cl2N3O5S/c1-27-15-5-3-4-11(17(15)24)9-20-21-16(23)10-22(28(2,25)26)12-6-7-13(18)14(19)8-12/h3-9,24H,10H2,1-2H3,(H,21,23)/b20-9-. The summed E-state index contributed by atoms with van der Waals surface area (Å²) in [6.07, 6.45) is 2.17. The molecular formula is C17H17Cl2N3O5S. The molecule has 0 aliphatic carbocycles. The van der Waals surface area contributed by atoms with Gasteiger partial charge in [-0.1, -0.05) is 29.3 Å². The van der Waals surface area contributed by atoms with Crippen LogP contribution in [0.4, 0.5) is 5.69 Å². The maximum atomic E-state index is 12.1. The van der Waals surface area contributed by atoms with Crippen LogP contribution in [0.5, 0.6) is 11.5 Å². The first-order valence-corrected chi connectivity index (χ1v) is 10.3. The van der Waals surface area contributed by atoms with Gasteiger partial charge in [-0.15, -0.1) is 0 Å². The third kappa shape index (κ3) is 5.51. The number of amides is 1. The highest BCUT2D eigenvalue weighted by atomic mass is 35.5. The van der Waals surface area contributed by atoms with Gasteiger partial charge in [0.15, 0.2) is 11.5 Å². The van der Waals surface area contributed by atoms with Gasteiger partial charge in [-0.3, -0.25) is 9.10 Å².